The monoisotopic (exact) mass is 437 g/mol. The maximum Gasteiger partial charge on any atom is 0.222 e. The predicted octanol–water partition coefficient (Wildman–Crippen LogP) is 4.56. The Morgan fingerprint density at radius 3 is 2.71 bits per heavy atom. The van der Waals surface area contributed by atoms with Crippen molar-refractivity contribution in [3.05, 3.63) is 70.9 Å². The number of methoxy groups -OCH3 is 1. The molecule has 1 fully saturated rings. The number of rotatable bonds is 6. The van der Waals surface area contributed by atoms with E-state index in [1.54, 1.807) is 7.11 Å². The molecule has 3 aromatic rings. The summed E-state index contributed by atoms with van der Waals surface area (Å²) in [7, 11) is 1.66. The van der Waals surface area contributed by atoms with Crippen LogP contribution in [0.25, 0.3) is 10.9 Å². The van der Waals surface area contributed by atoms with Crippen LogP contribution in [-0.4, -0.2) is 54.0 Å². The first-order chi connectivity index (χ1) is 15.1. The molecule has 31 heavy (non-hydrogen) atoms. The fourth-order valence-electron chi connectivity index (χ4n) is 4.14. The smallest absolute Gasteiger partial charge is 0.222 e. The largest absolute Gasteiger partial charge is 0.497 e. The molecule has 4 rings (SSSR count). The molecule has 6 heteroatoms. The molecule has 1 saturated heterocycles. The van der Waals surface area contributed by atoms with Gasteiger partial charge in [0, 0.05) is 61.3 Å². The molecule has 1 aliphatic heterocycles. The third-order valence-electron chi connectivity index (χ3n) is 5.93. The van der Waals surface area contributed by atoms with Crippen LogP contribution in [0.2, 0.25) is 5.02 Å². The molecule has 0 unspecified atom stereocenters. The van der Waals surface area contributed by atoms with Gasteiger partial charge in [-0.2, -0.15) is 0 Å². The van der Waals surface area contributed by atoms with Gasteiger partial charge in [0.15, 0.2) is 0 Å². The van der Waals surface area contributed by atoms with E-state index in [1.807, 2.05) is 53.6 Å². The summed E-state index contributed by atoms with van der Waals surface area (Å²) in [6.45, 7) is 4.09. The molecular formula is C25H28ClN3O2. The quantitative estimate of drug-likeness (QED) is 0.567. The molecule has 5 nitrogen and oxygen atoms in total. The first-order valence-corrected chi connectivity index (χ1v) is 11.2. The molecule has 0 aliphatic carbocycles. The minimum Gasteiger partial charge on any atom is -0.497 e. The highest BCUT2D eigenvalue weighted by Gasteiger charge is 2.20. The van der Waals surface area contributed by atoms with Gasteiger partial charge in [0.2, 0.25) is 5.91 Å². The van der Waals surface area contributed by atoms with E-state index in [-0.39, 0.29) is 5.91 Å². The molecule has 2 aromatic carbocycles. The summed E-state index contributed by atoms with van der Waals surface area (Å²) in [5, 5.41) is 1.86. The number of fused-ring (bicyclic) bond motifs is 1. The predicted molar refractivity (Wildman–Crippen MR) is 125 cm³/mol. The van der Waals surface area contributed by atoms with Crippen LogP contribution in [0.4, 0.5) is 0 Å². The van der Waals surface area contributed by atoms with Gasteiger partial charge in [0.05, 0.1) is 12.6 Å². The second-order valence-corrected chi connectivity index (χ2v) is 8.37. The average molecular weight is 438 g/mol. The summed E-state index contributed by atoms with van der Waals surface area (Å²) in [4.78, 5) is 21.7. The van der Waals surface area contributed by atoms with E-state index >= 15 is 0 Å². The number of benzene rings is 2. The molecule has 1 amide bonds. The van der Waals surface area contributed by atoms with Crippen LogP contribution in [0.5, 0.6) is 5.75 Å². The second-order valence-electron chi connectivity index (χ2n) is 7.96. The Morgan fingerprint density at radius 2 is 1.90 bits per heavy atom. The Labute approximate surface area is 188 Å². The summed E-state index contributed by atoms with van der Waals surface area (Å²) < 4.78 is 5.20. The van der Waals surface area contributed by atoms with E-state index in [2.05, 4.69) is 16.0 Å². The number of aromatic nitrogens is 1. The van der Waals surface area contributed by atoms with Gasteiger partial charge in [0.25, 0.3) is 0 Å². The van der Waals surface area contributed by atoms with Gasteiger partial charge in [0.1, 0.15) is 5.75 Å². The summed E-state index contributed by atoms with van der Waals surface area (Å²) in [6.07, 6.45) is 4.06. The van der Waals surface area contributed by atoms with Gasteiger partial charge in [-0.05, 0) is 42.7 Å². The Morgan fingerprint density at radius 1 is 1.06 bits per heavy atom. The van der Waals surface area contributed by atoms with Crippen molar-refractivity contribution < 1.29 is 9.53 Å². The number of aryl methyl sites for hydroxylation is 1. The number of carbonyl (C=O) groups excluding carboxylic acids is 1. The van der Waals surface area contributed by atoms with Crippen molar-refractivity contribution in [1.82, 2.24) is 14.8 Å². The lowest BCUT2D eigenvalue weighted by Crippen LogP contribution is -2.35. The van der Waals surface area contributed by atoms with Crippen LogP contribution in [0, 0.1) is 0 Å². The van der Waals surface area contributed by atoms with Crippen LogP contribution in [-0.2, 0) is 17.8 Å². The maximum atomic E-state index is 12.8. The Balaban J connectivity index is 1.34. The first-order valence-electron chi connectivity index (χ1n) is 10.8. The molecule has 0 atom stereocenters. The molecule has 0 bridgehead atoms. The highest BCUT2D eigenvalue weighted by Crippen LogP contribution is 2.26. The molecule has 2 heterocycles. The molecular weight excluding hydrogens is 410 g/mol. The molecule has 1 aromatic heterocycles. The summed E-state index contributed by atoms with van der Waals surface area (Å²) in [6, 6.07) is 15.9. The van der Waals surface area contributed by atoms with Gasteiger partial charge >= 0.3 is 0 Å². The Kier molecular flexibility index (Phi) is 7.05. The van der Waals surface area contributed by atoms with Crippen LogP contribution >= 0.6 is 11.6 Å². The number of nitrogens with zero attached hydrogens (tertiary/aromatic N) is 3. The fourth-order valence-corrected chi connectivity index (χ4v) is 4.35. The first kappa shape index (κ1) is 21.6. The standard InChI is InChI=1S/C25H28ClN3O2/c1-31-21-9-5-19(6-10-21)7-12-24(30)29-15-3-14-28(16-17-29)18-22-23(26)11-8-20-4-2-13-27-25(20)22/h2,4-6,8-11,13H,3,7,12,14-18H2,1H3. The van der Waals surface area contributed by atoms with Crippen molar-refractivity contribution in [3.63, 3.8) is 0 Å². The SMILES string of the molecule is COc1ccc(CCC(=O)N2CCCN(Cc3c(Cl)ccc4cccnc34)CC2)cc1. The zero-order valence-electron chi connectivity index (χ0n) is 17.9. The van der Waals surface area contributed by atoms with E-state index < -0.39 is 0 Å². The van der Waals surface area contributed by atoms with Crippen molar-refractivity contribution in [2.45, 2.75) is 25.8 Å². The van der Waals surface area contributed by atoms with Crippen LogP contribution in [0.3, 0.4) is 0 Å². The molecule has 1 aliphatic rings. The van der Waals surface area contributed by atoms with Gasteiger partial charge < -0.3 is 9.64 Å². The number of halogens is 1. The van der Waals surface area contributed by atoms with Crippen LogP contribution in [0.1, 0.15) is 24.0 Å². The number of amides is 1. The third kappa shape index (κ3) is 5.35. The highest BCUT2D eigenvalue weighted by atomic mass is 35.5. The number of hydrogen-bond donors (Lipinski definition) is 0. The van der Waals surface area contributed by atoms with Crippen molar-refractivity contribution in [2.75, 3.05) is 33.3 Å². The normalized spacial score (nSPS) is 15.1. The lowest BCUT2D eigenvalue weighted by molar-refractivity contribution is -0.131. The Hall–Kier alpha value is -2.63. The van der Waals surface area contributed by atoms with Gasteiger partial charge in [-0.25, -0.2) is 0 Å². The topological polar surface area (TPSA) is 45.7 Å². The lowest BCUT2D eigenvalue weighted by Gasteiger charge is -2.23. The van der Waals surface area contributed by atoms with Crippen LogP contribution < -0.4 is 4.74 Å². The molecule has 0 saturated carbocycles. The zero-order valence-corrected chi connectivity index (χ0v) is 18.6. The van der Waals surface area contributed by atoms with E-state index in [4.69, 9.17) is 16.3 Å². The number of pyridine rings is 1. The second kappa shape index (κ2) is 10.1. The summed E-state index contributed by atoms with van der Waals surface area (Å²) >= 11 is 6.52. The Bertz CT molecular complexity index is 1040. The fraction of sp³-hybridized carbons (Fsp3) is 0.360. The average Bonchev–Trinajstić information content (AvgIpc) is 3.05. The number of ether oxygens (including phenoxy) is 1. The van der Waals surface area contributed by atoms with Crippen molar-refractivity contribution >= 4 is 28.4 Å². The zero-order chi connectivity index (χ0) is 21.6. The molecule has 0 N–H and O–H groups in total. The minimum atomic E-state index is 0.225. The van der Waals surface area contributed by atoms with E-state index in [0.717, 1.165) is 78.4 Å². The molecule has 0 spiro atoms. The maximum absolute atomic E-state index is 12.8. The highest BCUT2D eigenvalue weighted by molar-refractivity contribution is 6.32. The number of hydrogen-bond acceptors (Lipinski definition) is 4. The van der Waals surface area contributed by atoms with E-state index in [1.165, 1.54) is 0 Å². The van der Waals surface area contributed by atoms with E-state index in [0.29, 0.717) is 6.42 Å². The van der Waals surface area contributed by atoms with Gasteiger partial charge in [-0.3, -0.25) is 14.7 Å². The summed E-state index contributed by atoms with van der Waals surface area (Å²) in [5.41, 5.74) is 3.19. The minimum absolute atomic E-state index is 0.225. The van der Waals surface area contributed by atoms with Crippen molar-refractivity contribution in [2.24, 2.45) is 0 Å². The third-order valence-corrected chi connectivity index (χ3v) is 6.29. The summed E-state index contributed by atoms with van der Waals surface area (Å²) in [5.74, 6) is 1.06. The van der Waals surface area contributed by atoms with Gasteiger partial charge in [-0.15, -0.1) is 0 Å². The molecule has 162 valence electrons. The van der Waals surface area contributed by atoms with E-state index in [9.17, 15) is 4.79 Å². The molecule has 0 radical (unpaired) electrons. The lowest BCUT2D eigenvalue weighted by atomic mass is 10.1. The van der Waals surface area contributed by atoms with Crippen molar-refractivity contribution in [3.8, 4) is 5.75 Å². The van der Waals surface area contributed by atoms with Gasteiger partial charge in [-0.1, -0.05) is 35.9 Å². The van der Waals surface area contributed by atoms with Crippen molar-refractivity contribution in [1.29, 1.82) is 0 Å². The van der Waals surface area contributed by atoms with Crippen LogP contribution in [0.15, 0.2) is 54.7 Å². The number of carbonyl (C=O) groups is 1.